The Balaban J connectivity index is 1.52. The largest absolute Gasteiger partial charge is 0.496 e. The van der Waals surface area contributed by atoms with Crippen molar-refractivity contribution in [3.63, 3.8) is 0 Å². The molecular weight excluding hydrogens is 424 g/mol. The molecule has 0 bridgehead atoms. The Morgan fingerprint density at radius 1 is 1.03 bits per heavy atom. The summed E-state index contributed by atoms with van der Waals surface area (Å²) in [6.07, 6.45) is 0. The number of aryl methyl sites for hydroxylation is 1. The maximum Gasteiger partial charge on any atom is 0.342 e. The lowest BCUT2D eigenvalue weighted by molar-refractivity contribution is -0.115. The maximum atomic E-state index is 12.8. The minimum Gasteiger partial charge on any atom is -0.496 e. The van der Waals surface area contributed by atoms with Crippen molar-refractivity contribution >= 4 is 44.8 Å². The summed E-state index contributed by atoms with van der Waals surface area (Å²) in [6, 6.07) is 19.0. The Labute approximate surface area is 190 Å². The number of thiazole rings is 1. The second-order valence-electron chi connectivity index (χ2n) is 7.29. The molecule has 0 atom stereocenters. The summed E-state index contributed by atoms with van der Waals surface area (Å²) in [6.45, 7) is 3.45. The second-order valence-corrected chi connectivity index (χ2v) is 8.13. The molecule has 0 fully saturated rings. The van der Waals surface area contributed by atoms with E-state index in [4.69, 9.17) is 9.47 Å². The van der Waals surface area contributed by atoms with Crippen LogP contribution in [0.25, 0.3) is 10.8 Å². The second kappa shape index (κ2) is 9.20. The van der Waals surface area contributed by atoms with Crippen molar-refractivity contribution in [1.29, 1.82) is 0 Å². The van der Waals surface area contributed by atoms with E-state index in [0.29, 0.717) is 22.1 Å². The molecule has 3 aromatic carbocycles. The Morgan fingerprint density at radius 2 is 1.78 bits per heavy atom. The van der Waals surface area contributed by atoms with Crippen LogP contribution in [-0.2, 0) is 16.1 Å². The van der Waals surface area contributed by atoms with E-state index in [1.54, 1.807) is 16.3 Å². The van der Waals surface area contributed by atoms with E-state index >= 15 is 0 Å². The molecule has 4 aromatic rings. The predicted octanol–water partition coefficient (Wildman–Crippen LogP) is 5.65. The van der Waals surface area contributed by atoms with Gasteiger partial charge in [0.2, 0.25) is 5.91 Å². The van der Waals surface area contributed by atoms with Gasteiger partial charge in [-0.25, -0.2) is 9.78 Å². The van der Waals surface area contributed by atoms with Gasteiger partial charge in [0.1, 0.15) is 17.9 Å². The molecule has 4 rings (SSSR count). The lowest BCUT2D eigenvalue weighted by atomic mass is 10.1. The predicted molar refractivity (Wildman–Crippen MR) is 126 cm³/mol. The number of esters is 1. The van der Waals surface area contributed by atoms with Gasteiger partial charge in [0.05, 0.1) is 18.5 Å². The molecule has 0 radical (unpaired) electrons. The highest BCUT2D eigenvalue weighted by atomic mass is 32.1. The molecule has 0 aliphatic rings. The molecule has 1 heterocycles. The number of aromatic nitrogens is 1. The number of carbonyl (C=O) groups is 2. The lowest BCUT2D eigenvalue weighted by Gasteiger charge is -2.18. The van der Waals surface area contributed by atoms with Crippen molar-refractivity contribution < 1.29 is 19.1 Å². The van der Waals surface area contributed by atoms with Crippen LogP contribution in [0.3, 0.4) is 0 Å². The molecule has 6 nitrogen and oxygen atoms in total. The number of methoxy groups -OCH3 is 1. The molecule has 1 aromatic heterocycles. The summed E-state index contributed by atoms with van der Waals surface area (Å²) in [4.78, 5) is 31.1. The van der Waals surface area contributed by atoms with Crippen LogP contribution in [0.4, 0.5) is 10.8 Å². The third-order valence-corrected chi connectivity index (χ3v) is 5.82. The minimum absolute atomic E-state index is 0.00905. The summed E-state index contributed by atoms with van der Waals surface area (Å²) in [7, 11) is 1.52. The SMILES string of the molecule is COc1cc2ccccc2cc1C(=O)OCc1csc(N(C(C)=O)c2cccc(C)c2)n1. The zero-order chi connectivity index (χ0) is 22.7. The van der Waals surface area contributed by atoms with Crippen LogP contribution < -0.4 is 9.64 Å². The van der Waals surface area contributed by atoms with E-state index in [2.05, 4.69) is 4.98 Å². The molecule has 162 valence electrons. The Morgan fingerprint density at radius 3 is 2.47 bits per heavy atom. The first-order chi connectivity index (χ1) is 15.5. The van der Waals surface area contributed by atoms with Crippen LogP contribution in [0.2, 0.25) is 0 Å². The highest BCUT2D eigenvalue weighted by Crippen LogP contribution is 2.30. The van der Waals surface area contributed by atoms with Crippen molar-refractivity contribution in [3.8, 4) is 5.75 Å². The fourth-order valence-corrected chi connectivity index (χ4v) is 4.30. The van der Waals surface area contributed by atoms with Gasteiger partial charge in [-0.2, -0.15) is 0 Å². The average molecular weight is 447 g/mol. The van der Waals surface area contributed by atoms with Gasteiger partial charge in [-0.3, -0.25) is 9.69 Å². The molecule has 0 aliphatic carbocycles. The first-order valence-electron chi connectivity index (χ1n) is 10.0. The normalized spacial score (nSPS) is 10.7. The summed E-state index contributed by atoms with van der Waals surface area (Å²) in [5, 5.41) is 4.21. The fourth-order valence-electron chi connectivity index (χ4n) is 3.42. The van der Waals surface area contributed by atoms with E-state index in [0.717, 1.165) is 22.0 Å². The maximum absolute atomic E-state index is 12.8. The number of ether oxygens (including phenoxy) is 2. The molecule has 0 N–H and O–H groups in total. The molecule has 1 amide bonds. The highest BCUT2D eigenvalue weighted by molar-refractivity contribution is 7.14. The number of carbonyl (C=O) groups excluding carboxylic acids is 2. The molecule has 7 heteroatoms. The number of nitrogens with zero attached hydrogens (tertiary/aromatic N) is 2. The van der Waals surface area contributed by atoms with Gasteiger partial charge in [-0.05, 0) is 47.5 Å². The van der Waals surface area contributed by atoms with E-state index in [-0.39, 0.29) is 12.5 Å². The number of amides is 1. The van der Waals surface area contributed by atoms with Gasteiger partial charge in [0.25, 0.3) is 0 Å². The molecule has 32 heavy (non-hydrogen) atoms. The van der Waals surface area contributed by atoms with Crippen molar-refractivity contribution in [2.45, 2.75) is 20.5 Å². The quantitative estimate of drug-likeness (QED) is 0.358. The monoisotopic (exact) mass is 446 g/mol. The standard InChI is InChI=1S/C25H22N2O4S/c1-16-7-6-10-21(11-16)27(17(2)28)25-26-20(15-32-25)14-31-24(29)22-12-18-8-4-5-9-19(18)13-23(22)30-3/h4-13,15H,14H2,1-3H3. The number of fused-ring (bicyclic) bond motifs is 1. The molecule has 0 unspecified atom stereocenters. The Bertz CT molecular complexity index is 1300. The van der Waals surface area contributed by atoms with Crippen molar-refractivity contribution in [1.82, 2.24) is 4.98 Å². The van der Waals surface area contributed by atoms with Crippen molar-refractivity contribution in [2.24, 2.45) is 0 Å². The van der Waals surface area contributed by atoms with Crippen LogP contribution in [0.15, 0.2) is 66.0 Å². The van der Waals surface area contributed by atoms with Crippen molar-refractivity contribution in [2.75, 3.05) is 12.0 Å². The van der Waals surface area contributed by atoms with Crippen LogP contribution in [0.5, 0.6) is 5.75 Å². The average Bonchev–Trinajstić information content (AvgIpc) is 3.24. The molecule has 0 aliphatic heterocycles. The van der Waals surface area contributed by atoms with Gasteiger partial charge in [0, 0.05) is 12.3 Å². The summed E-state index contributed by atoms with van der Waals surface area (Å²) in [5.41, 5.74) is 2.71. The van der Waals surface area contributed by atoms with Crippen LogP contribution in [-0.4, -0.2) is 24.0 Å². The number of hydrogen-bond donors (Lipinski definition) is 0. The summed E-state index contributed by atoms with van der Waals surface area (Å²) in [5.74, 6) is -0.187. The Kier molecular flexibility index (Phi) is 6.18. The number of hydrogen-bond acceptors (Lipinski definition) is 6. The third kappa shape index (κ3) is 4.48. The number of rotatable bonds is 6. The molecule has 0 spiro atoms. The first-order valence-corrected chi connectivity index (χ1v) is 10.9. The fraction of sp³-hybridized carbons (Fsp3) is 0.160. The molecular formula is C25H22N2O4S. The topological polar surface area (TPSA) is 68.7 Å². The highest BCUT2D eigenvalue weighted by Gasteiger charge is 2.20. The van der Waals surface area contributed by atoms with Crippen LogP contribution in [0.1, 0.15) is 28.5 Å². The number of anilines is 2. The smallest absolute Gasteiger partial charge is 0.342 e. The summed E-state index contributed by atoms with van der Waals surface area (Å²) < 4.78 is 10.9. The molecule has 0 saturated heterocycles. The lowest BCUT2D eigenvalue weighted by Crippen LogP contribution is -2.22. The zero-order valence-corrected chi connectivity index (χ0v) is 18.8. The van der Waals surface area contributed by atoms with Gasteiger partial charge >= 0.3 is 5.97 Å². The minimum atomic E-state index is -0.496. The first kappa shape index (κ1) is 21.5. The zero-order valence-electron chi connectivity index (χ0n) is 18.0. The molecule has 0 saturated carbocycles. The van der Waals surface area contributed by atoms with Gasteiger partial charge in [-0.1, -0.05) is 36.4 Å². The van der Waals surface area contributed by atoms with Crippen LogP contribution >= 0.6 is 11.3 Å². The summed E-state index contributed by atoms with van der Waals surface area (Å²) >= 11 is 1.32. The Hall–Kier alpha value is -3.71. The van der Waals surface area contributed by atoms with Crippen LogP contribution in [0, 0.1) is 6.92 Å². The van der Waals surface area contributed by atoms with E-state index < -0.39 is 5.97 Å². The van der Waals surface area contributed by atoms with E-state index in [1.165, 1.54) is 25.4 Å². The van der Waals surface area contributed by atoms with E-state index in [9.17, 15) is 9.59 Å². The van der Waals surface area contributed by atoms with Gasteiger partial charge in [-0.15, -0.1) is 11.3 Å². The number of benzene rings is 3. The van der Waals surface area contributed by atoms with E-state index in [1.807, 2.05) is 61.5 Å². The van der Waals surface area contributed by atoms with Gasteiger partial charge in [0.15, 0.2) is 5.13 Å². The van der Waals surface area contributed by atoms with Gasteiger partial charge < -0.3 is 9.47 Å². The third-order valence-electron chi connectivity index (χ3n) is 4.94. The van der Waals surface area contributed by atoms with Crippen molar-refractivity contribution in [3.05, 3.63) is 82.9 Å².